The van der Waals surface area contributed by atoms with Gasteiger partial charge in [0.2, 0.25) is 15.9 Å². The maximum Gasteiger partial charge on any atom is 0.417 e. The second kappa shape index (κ2) is 9.27. The molecular formula is C21H24F3N3O3S. The van der Waals surface area contributed by atoms with Gasteiger partial charge in [0.25, 0.3) is 0 Å². The molecule has 0 radical (unpaired) electrons. The van der Waals surface area contributed by atoms with Crippen molar-refractivity contribution >= 4 is 21.6 Å². The van der Waals surface area contributed by atoms with Crippen LogP contribution in [0.4, 0.5) is 18.9 Å². The Bertz CT molecular complexity index is 1030. The van der Waals surface area contributed by atoms with Gasteiger partial charge in [-0.3, -0.25) is 4.79 Å². The monoisotopic (exact) mass is 455 g/mol. The number of anilines is 1. The van der Waals surface area contributed by atoms with Crippen LogP contribution in [0.2, 0.25) is 0 Å². The fourth-order valence-electron chi connectivity index (χ4n) is 3.48. The van der Waals surface area contributed by atoms with Crippen LogP contribution in [0.5, 0.6) is 0 Å². The number of hydrogen-bond donors (Lipinski definition) is 1. The second-order valence-electron chi connectivity index (χ2n) is 7.27. The minimum absolute atomic E-state index is 0.0501. The molecule has 1 heterocycles. The highest BCUT2D eigenvalue weighted by Gasteiger charge is 2.39. The minimum Gasteiger partial charge on any atom is -0.384 e. The van der Waals surface area contributed by atoms with Gasteiger partial charge in [0.1, 0.15) is 0 Å². The smallest absolute Gasteiger partial charge is 0.384 e. The molecule has 0 spiro atoms. The molecule has 1 aliphatic heterocycles. The lowest BCUT2D eigenvalue weighted by Crippen LogP contribution is -2.50. The van der Waals surface area contributed by atoms with E-state index < -0.39 is 26.7 Å². The highest BCUT2D eigenvalue weighted by atomic mass is 32.2. The van der Waals surface area contributed by atoms with E-state index in [0.29, 0.717) is 6.54 Å². The summed E-state index contributed by atoms with van der Waals surface area (Å²) in [5, 5.41) is 3.20. The number of nitrogens with one attached hydrogen (secondary N) is 1. The number of sulfonamides is 1. The Kier molecular flexibility index (Phi) is 6.90. The summed E-state index contributed by atoms with van der Waals surface area (Å²) >= 11 is 0. The first-order chi connectivity index (χ1) is 14.6. The maximum absolute atomic E-state index is 13.2. The van der Waals surface area contributed by atoms with Gasteiger partial charge in [-0.1, -0.05) is 30.3 Å². The van der Waals surface area contributed by atoms with Crippen LogP contribution in [-0.4, -0.2) is 56.3 Å². The quantitative estimate of drug-likeness (QED) is 0.726. The van der Waals surface area contributed by atoms with Crippen LogP contribution in [0.3, 0.4) is 0 Å². The summed E-state index contributed by atoms with van der Waals surface area (Å²) in [5.41, 5.74) is 0.818. The summed E-state index contributed by atoms with van der Waals surface area (Å²) in [6.07, 6.45) is -4.54. The van der Waals surface area contributed by atoms with E-state index >= 15 is 0 Å². The first-order valence-electron chi connectivity index (χ1n) is 9.84. The zero-order valence-electron chi connectivity index (χ0n) is 17.0. The fraction of sp³-hybridized carbons (Fsp3) is 0.381. The number of nitrogens with zero attached hydrogens (tertiary/aromatic N) is 2. The molecule has 10 heteroatoms. The van der Waals surface area contributed by atoms with Crippen LogP contribution in [0.25, 0.3) is 0 Å². The van der Waals surface area contributed by atoms with Crippen molar-refractivity contribution in [1.82, 2.24) is 9.21 Å². The molecule has 1 saturated heterocycles. The van der Waals surface area contributed by atoms with Gasteiger partial charge in [0.05, 0.1) is 10.5 Å². The number of carbonyl (C=O) groups is 1. The SMILES string of the molecule is Cc1ccccc1NCCC(=O)N1CCN(S(=O)(=O)c2ccccc2C(F)(F)F)CC1. The van der Waals surface area contributed by atoms with Crippen LogP contribution < -0.4 is 5.32 Å². The van der Waals surface area contributed by atoms with E-state index in [1.807, 2.05) is 31.2 Å². The Labute approximate surface area is 179 Å². The van der Waals surface area contributed by atoms with Crippen LogP contribution in [0.15, 0.2) is 53.4 Å². The van der Waals surface area contributed by atoms with Crippen molar-refractivity contribution in [2.75, 3.05) is 38.0 Å². The molecular weight excluding hydrogens is 431 g/mol. The number of piperazine rings is 1. The van der Waals surface area contributed by atoms with Crippen molar-refractivity contribution in [2.45, 2.75) is 24.4 Å². The largest absolute Gasteiger partial charge is 0.417 e. The molecule has 1 aliphatic rings. The molecule has 0 bridgehead atoms. The van der Waals surface area contributed by atoms with E-state index in [4.69, 9.17) is 0 Å². The number of hydrogen-bond acceptors (Lipinski definition) is 4. The Hall–Kier alpha value is -2.59. The van der Waals surface area contributed by atoms with E-state index in [1.54, 1.807) is 4.90 Å². The zero-order valence-corrected chi connectivity index (χ0v) is 17.8. The summed E-state index contributed by atoms with van der Waals surface area (Å²) in [5.74, 6) is -0.131. The molecule has 1 N–H and O–H groups in total. The first kappa shape index (κ1) is 23.1. The van der Waals surface area contributed by atoms with Gasteiger partial charge in [-0.2, -0.15) is 17.5 Å². The third kappa shape index (κ3) is 5.37. The second-order valence-corrected chi connectivity index (χ2v) is 9.18. The Morgan fingerprint density at radius 2 is 1.61 bits per heavy atom. The summed E-state index contributed by atoms with van der Waals surface area (Å²) in [6, 6.07) is 11.8. The lowest BCUT2D eigenvalue weighted by Gasteiger charge is -2.34. The highest BCUT2D eigenvalue weighted by molar-refractivity contribution is 7.89. The molecule has 1 amide bonds. The standard InChI is InChI=1S/C21H24F3N3O3S/c1-16-6-2-4-8-18(16)25-11-10-20(28)26-12-14-27(15-13-26)31(29,30)19-9-5-3-7-17(19)21(22,23)24/h2-9,25H,10-15H2,1H3. The predicted molar refractivity (Wildman–Crippen MR) is 111 cm³/mol. The lowest BCUT2D eigenvalue weighted by molar-refractivity contribution is -0.139. The first-order valence-corrected chi connectivity index (χ1v) is 11.3. The van der Waals surface area contributed by atoms with Crippen LogP contribution in [0.1, 0.15) is 17.5 Å². The number of alkyl halides is 3. The van der Waals surface area contributed by atoms with Gasteiger partial charge in [-0.15, -0.1) is 0 Å². The molecule has 168 valence electrons. The molecule has 1 fully saturated rings. The van der Waals surface area contributed by atoms with Crippen molar-refractivity contribution in [3.8, 4) is 0 Å². The van der Waals surface area contributed by atoms with Crippen LogP contribution in [0, 0.1) is 6.92 Å². The number of carbonyl (C=O) groups excluding carboxylic acids is 1. The van der Waals surface area contributed by atoms with Crippen LogP contribution in [-0.2, 0) is 21.0 Å². The molecule has 2 aromatic carbocycles. The van der Waals surface area contributed by atoms with Crippen LogP contribution >= 0.6 is 0 Å². The van der Waals surface area contributed by atoms with E-state index in [9.17, 15) is 26.4 Å². The number of rotatable bonds is 6. The number of halogens is 3. The van der Waals surface area contributed by atoms with Gasteiger partial charge in [0, 0.05) is 44.8 Å². The molecule has 0 aliphatic carbocycles. The number of para-hydroxylation sites is 1. The van der Waals surface area contributed by atoms with Crippen molar-refractivity contribution < 1.29 is 26.4 Å². The normalized spacial score (nSPS) is 15.7. The van der Waals surface area contributed by atoms with Gasteiger partial charge in [-0.05, 0) is 30.7 Å². The molecule has 0 aromatic heterocycles. The average Bonchev–Trinajstić information content (AvgIpc) is 2.74. The molecule has 2 aromatic rings. The van der Waals surface area contributed by atoms with E-state index in [0.717, 1.165) is 33.8 Å². The third-order valence-corrected chi connectivity index (χ3v) is 7.16. The van der Waals surface area contributed by atoms with Gasteiger partial charge in [-0.25, -0.2) is 8.42 Å². The van der Waals surface area contributed by atoms with Crippen molar-refractivity contribution in [1.29, 1.82) is 0 Å². The van der Waals surface area contributed by atoms with Crippen molar-refractivity contribution in [3.63, 3.8) is 0 Å². The third-order valence-electron chi connectivity index (χ3n) is 5.20. The molecule has 0 atom stereocenters. The molecule has 0 unspecified atom stereocenters. The number of benzene rings is 2. The molecule has 3 rings (SSSR count). The van der Waals surface area contributed by atoms with E-state index in [-0.39, 0.29) is 38.5 Å². The van der Waals surface area contributed by atoms with E-state index in [1.165, 1.54) is 6.07 Å². The Morgan fingerprint density at radius 3 is 2.26 bits per heavy atom. The van der Waals surface area contributed by atoms with Crippen molar-refractivity contribution in [3.05, 3.63) is 59.7 Å². The Morgan fingerprint density at radius 1 is 1.00 bits per heavy atom. The van der Waals surface area contributed by atoms with Gasteiger partial charge >= 0.3 is 6.18 Å². The summed E-state index contributed by atoms with van der Waals surface area (Å²) in [4.78, 5) is 13.2. The highest BCUT2D eigenvalue weighted by Crippen LogP contribution is 2.35. The molecule has 31 heavy (non-hydrogen) atoms. The zero-order chi connectivity index (χ0) is 22.6. The average molecular weight is 456 g/mol. The lowest BCUT2D eigenvalue weighted by atomic mass is 10.2. The summed E-state index contributed by atoms with van der Waals surface area (Å²) < 4.78 is 66.3. The van der Waals surface area contributed by atoms with Gasteiger partial charge in [0.15, 0.2) is 0 Å². The summed E-state index contributed by atoms with van der Waals surface area (Å²) in [7, 11) is -4.32. The minimum atomic E-state index is -4.77. The Balaban J connectivity index is 1.58. The van der Waals surface area contributed by atoms with Crippen molar-refractivity contribution in [2.24, 2.45) is 0 Å². The number of aryl methyl sites for hydroxylation is 1. The fourth-order valence-corrected chi connectivity index (χ4v) is 5.11. The molecule has 6 nitrogen and oxygen atoms in total. The van der Waals surface area contributed by atoms with Gasteiger partial charge < -0.3 is 10.2 Å². The summed E-state index contributed by atoms with van der Waals surface area (Å²) in [6.45, 7) is 2.56. The predicted octanol–water partition coefficient (Wildman–Crippen LogP) is 3.35. The maximum atomic E-state index is 13.2. The number of amides is 1. The molecule has 0 saturated carbocycles. The topological polar surface area (TPSA) is 69.7 Å². The van der Waals surface area contributed by atoms with E-state index in [2.05, 4.69) is 5.32 Å².